The third-order valence-electron chi connectivity index (χ3n) is 5.08. The Bertz CT molecular complexity index is 1120. The van der Waals surface area contributed by atoms with Crippen LogP contribution in [0.3, 0.4) is 0 Å². The molecule has 0 bridgehead atoms. The molecule has 1 atom stereocenters. The number of ether oxygens (including phenoxy) is 3. The second-order valence-corrected chi connectivity index (χ2v) is 6.91. The number of carbonyl (C=O) groups excluding carboxylic acids is 2. The summed E-state index contributed by atoms with van der Waals surface area (Å²) in [6.07, 6.45) is 1.61. The molecule has 0 radical (unpaired) electrons. The molecule has 1 aliphatic heterocycles. The van der Waals surface area contributed by atoms with Crippen LogP contribution in [-0.4, -0.2) is 42.9 Å². The summed E-state index contributed by atoms with van der Waals surface area (Å²) in [5.74, 6) is 1.69. The average Bonchev–Trinajstić information content (AvgIpc) is 3.22. The molecule has 2 N–H and O–H groups in total. The van der Waals surface area contributed by atoms with Crippen LogP contribution in [0, 0.1) is 0 Å². The van der Waals surface area contributed by atoms with E-state index in [0.717, 1.165) is 5.56 Å². The normalized spacial score (nSPS) is 14.9. The molecule has 0 unspecified atom stereocenters. The van der Waals surface area contributed by atoms with Crippen molar-refractivity contribution in [2.45, 2.75) is 12.5 Å². The lowest BCUT2D eigenvalue weighted by atomic mass is 10.1. The molecule has 2 heterocycles. The van der Waals surface area contributed by atoms with E-state index in [1.54, 1.807) is 63.9 Å². The summed E-state index contributed by atoms with van der Waals surface area (Å²) in [6, 6.07) is 11.6. The average molecular weight is 422 g/mol. The third kappa shape index (κ3) is 3.89. The minimum Gasteiger partial charge on any atom is -0.497 e. The van der Waals surface area contributed by atoms with Gasteiger partial charge in [0.2, 0.25) is 11.8 Å². The SMILES string of the molecule is COc1ccc(NC(=O)[C@H]2CC(=O)Nc3c(-c4ccc(OC)c(OC)c4)cnn32)cc1. The second-order valence-electron chi connectivity index (χ2n) is 6.91. The molecule has 4 rings (SSSR count). The number of amides is 2. The first-order valence-corrected chi connectivity index (χ1v) is 9.58. The highest BCUT2D eigenvalue weighted by atomic mass is 16.5. The minimum atomic E-state index is -0.778. The maximum absolute atomic E-state index is 12.9. The van der Waals surface area contributed by atoms with Crippen LogP contribution < -0.4 is 24.8 Å². The Kier molecular flexibility index (Phi) is 5.48. The van der Waals surface area contributed by atoms with Gasteiger partial charge in [-0.3, -0.25) is 9.59 Å². The second kappa shape index (κ2) is 8.39. The van der Waals surface area contributed by atoms with Crippen LogP contribution >= 0.6 is 0 Å². The van der Waals surface area contributed by atoms with Crippen LogP contribution in [-0.2, 0) is 9.59 Å². The molecular weight excluding hydrogens is 400 g/mol. The summed E-state index contributed by atoms with van der Waals surface area (Å²) in [5, 5.41) is 10.1. The van der Waals surface area contributed by atoms with Gasteiger partial charge in [0.05, 0.1) is 33.9 Å². The zero-order chi connectivity index (χ0) is 22.0. The quantitative estimate of drug-likeness (QED) is 0.633. The fourth-order valence-electron chi connectivity index (χ4n) is 3.49. The van der Waals surface area contributed by atoms with Gasteiger partial charge >= 0.3 is 0 Å². The van der Waals surface area contributed by atoms with E-state index in [2.05, 4.69) is 15.7 Å². The van der Waals surface area contributed by atoms with Crippen LogP contribution in [0.25, 0.3) is 11.1 Å². The molecule has 1 aromatic heterocycles. The van der Waals surface area contributed by atoms with Crippen molar-refractivity contribution in [2.75, 3.05) is 32.0 Å². The summed E-state index contributed by atoms with van der Waals surface area (Å²) in [4.78, 5) is 25.3. The van der Waals surface area contributed by atoms with Gasteiger partial charge < -0.3 is 24.8 Å². The van der Waals surface area contributed by atoms with Gasteiger partial charge in [-0.1, -0.05) is 6.07 Å². The molecule has 9 nitrogen and oxygen atoms in total. The highest BCUT2D eigenvalue weighted by Crippen LogP contribution is 2.38. The lowest BCUT2D eigenvalue weighted by Gasteiger charge is -2.24. The maximum atomic E-state index is 12.9. The third-order valence-corrected chi connectivity index (χ3v) is 5.08. The summed E-state index contributed by atoms with van der Waals surface area (Å²) in [7, 11) is 4.69. The number of hydrogen-bond acceptors (Lipinski definition) is 6. The molecule has 0 saturated carbocycles. The zero-order valence-corrected chi connectivity index (χ0v) is 17.3. The topological polar surface area (TPSA) is 104 Å². The summed E-state index contributed by atoms with van der Waals surface area (Å²) < 4.78 is 17.3. The van der Waals surface area contributed by atoms with Gasteiger partial charge in [0.1, 0.15) is 17.6 Å². The molecule has 1 aliphatic rings. The van der Waals surface area contributed by atoms with Gasteiger partial charge in [-0.25, -0.2) is 4.68 Å². The molecule has 9 heteroatoms. The molecule has 160 valence electrons. The van der Waals surface area contributed by atoms with Crippen molar-refractivity contribution >= 4 is 23.3 Å². The van der Waals surface area contributed by atoms with Gasteiger partial charge in [-0.15, -0.1) is 0 Å². The van der Waals surface area contributed by atoms with Crippen molar-refractivity contribution in [3.8, 4) is 28.4 Å². The number of nitrogens with zero attached hydrogens (tertiary/aromatic N) is 2. The lowest BCUT2D eigenvalue weighted by Crippen LogP contribution is -2.35. The van der Waals surface area contributed by atoms with Crippen molar-refractivity contribution in [2.24, 2.45) is 0 Å². The molecule has 31 heavy (non-hydrogen) atoms. The van der Waals surface area contributed by atoms with Gasteiger partial charge in [0.25, 0.3) is 0 Å². The number of fused-ring (bicyclic) bond motifs is 1. The highest BCUT2D eigenvalue weighted by Gasteiger charge is 2.33. The number of nitrogens with one attached hydrogen (secondary N) is 2. The van der Waals surface area contributed by atoms with Crippen LogP contribution in [0.15, 0.2) is 48.7 Å². The van der Waals surface area contributed by atoms with E-state index in [1.807, 2.05) is 6.07 Å². The van der Waals surface area contributed by atoms with E-state index >= 15 is 0 Å². The van der Waals surface area contributed by atoms with Crippen LogP contribution in [0.2, 0.25) is 0 Å². The summed E-state index contributed by atoms with van der Waals surface area (Å²) in [5.41, 5.74) is 2.05. The standard InChI is InChI=1S/C22H22N4O5/c1-29-15-7-5-14(6-8-15)24-22(28)17-11-20(27)25-21-16(12-23-26(17)21)13-4-9-18(30-2)19(10-13)31-3/h4-10,12,17H,11H2,1-3H3,(H,24,28)(H,25,27)/t17-/m1/s1. The van der Waals surface area contributed by atoms with Crippen molar-refractivity contribution in [1.82, 2.24) is 9.78 Å². The Labute approximate surface area is 178 Å². The van der Waals surface area contributed by atoms with Crippen LogP contribution in [0.5, 0.6) is 17.2 Å². The van der Waals surface area contributed by atoms with Gasteiger partial charge in [-0.05, 0) is 42.0 Å². The Hall–Kier alpha value is -4.01. The Balaban J connectivity index is 1.64. The molecule has 0 fully saturated rings. The number of carbonyl (C=O) groups is 2. The maximum Gasteiger partial charge on any atom is 0.249 e. The highest BCUT2D eigenvalue weighted by molar-refractivity contribution is 6.03. The minimum absolute atomic E-state index is 0.0119. The molecule has 0 saturated heterocycles. The smallest absolute Gasteiger partial charge is 0.249 e. The van der Waals surface area contributed by atoms with E-state index < -0.39 is 6.04 Å². The van der Waals surface area contributed by atoms with E-state index in [4.69, 9.17) is 14.2 Å². The number of methoxy groups -OCH3 is 3. The largest absolute Gasteiger partial charge is 0.497 e. The predicted octanol–water partition coefficient (Wildman–Crippen LogP) is 3.10. The van der Waals surface area contributed by atoms with Crippen molar-refractivity contribution < 1.29 is 23.8 Å². The molecule has 2 aromatic carbocycles. The van der Waals surface area contributed by atoms with E-state index in [-0.39, 0.29) is 18.2 Å². The van der Waals surface area contributed by atoms with Crippen molar-refractivity contribution in [1.29, 1.82) is 0 Å². The first-order chi connectivity index (χ1) is 15.0. The molecule has 2 amide bonds. The fourth-order valence-corrected chi connectivity index (χ4v) is 3.49. The van der Waals surface area contributed by atoms with Crippen molar-refractivity contribution in [3.05, 3.63) is 48.7 Å². The number of anilines is 2. The molecule has 3 aromatic rings. The summed E-state index contributed by atoms with van der Waals surface area (Å²) in [6.45, 7) is 0. The Morgan fingerprint density at radius 3 is 2.48 bits per heavy atom. The number of rotatable bonds is 6. The van der Waals surface area contributed by atoms with Crippen LogP contribution in [0.4, 0.5) is 11.5 Å². The van der Waals surface area contributed by atoms with Gasteiger partial charge in [0, 0.05) is 11.3 Å². The predicted molar refractivity (Wildman–Crippen MR) is 115 cm³/mol. The molecule has 0 aliphatic carbocycles. The zero-order valence-electron chi connectivity index (χ0n) is 17.3. The van der Waals surface area contributed by atoms with E-state index in [9.17, 15) is 9.59 Å². The van der Waals surface area contributed by atoms with Gasteiger partial charge in [0.15, 0.2) is 11.5 Å². The van der Waals surface area contributed by atoms with Crippen LogP contribution in [0.1, 0.15) is 12.5 Å². The first-order valence-electron chi connectivity index (χ1n) is 9.58. The molecular formula is C22H22N4O5. The first kappa shape index (κ1) is 20.3. The van der Waals surface area contributed by atoms with E-state index in [1.165, 1.54) is 4.68 Å². The Morgan fingerprint density at radius 1 is 1.06 bits per heavy atom. The lowest BCUT2D eigenvalue weighted by molar-refractivity contribution is -0.125. The van der Waals surface area contributed by atoms with E-state index in [0.29, 0.717) is 34.3 Å². The summed E-state index contributed by atoms with van der Waals surface area (Å²) >= 11 is 0. The fraction of sp³-hybridized carbons (Fsp3) is 0.227. The monoisotopic (exact) mass is 422 g/mol. The van der Waals surface area contributed by atoms with Gasteiger partial charge in [-0.2, -0.15) is 5.10 Å². The number of aromatic nitrogens is 2. The Morgan fingerprint density at radius 2 is 1.81 bits per heavy atom. The number of hydrogen-bond donors (Lipinski definition) is 2. The molecule has 0 spiro atoms. The number of benzene rings is 2. The van der Waals surface area contributed by atoms with Crippen molar-refractivity contribution in [3.63, 3.8) is 0 Å².